The number of nitrogens with one attached hydrogen (secondary N) is 3. The zero-order chi connectivity index (χ0) is 21.3. The van der Waals surface area contributed by atoms with Crippen LogP contribution in [0.4, 0.5) is 11.4 Å². The fourth-order valence-electron chi connectivity index (χ4n) is 3.15. The maximum atomic E-state index is 12.9. The Morgan fingerprint density at radius 3 is 2.47 bits per heavy atom. The largest absolute Gasteiger partial charge is 0.338 e. The van der Waals surface area contributed by atoms with Gasteiger partial charge >= 0.3 is 0 Å². The number of sulfonamides is 1. The number of nitrogens with zero attached hydrogens (tertiary/aromatic N) is 1. The van der Waals surface area contributed by atoms with Crippen molar-refractivity contribution in [3.8, 4) is 11.4 Å². The summed E-state index contributed by atoms with van der Waals surface area (Å²) in [5.41, 5.74) is 4.53. The molecule has 1 aromatic heterocycles. The fourth-order valence-corrected chi connectivity index (χ4v) is 3.77. The van der Waals surface area contributed by atoms with Crippen molar-refractivity contribution in [1.29, 1.82) is 0 Å². The van der Waals surface area contributed by atoms with Crippen LogP contribution in [0.1, 0.15) is 15.9 Å². The third-order valence-corrected chi connectivity index (χ3v) is 5.21. The first-order valence-electron chi connectivity index (χ1n) is 9.24. The van der Waals surface area contributed by atoms with Crippen molar-refractivity contribution >= 4 is 38.3 Å². The van der Waals surface area contributed by atoms with Crippen LogP contribution in [0.15, 0.2) is 66.7 Å². The number of carbonyl (C=O) groups is 1. The summed E-state index contributed by atoms with van der Waals surface area (Å²) in [4.78, 5) is 20.8. The average Bonchev–Trinajstić information content (AvgIpc) is 3.13. The molecule has 3 N–H and O–H groups in total. The van der Waals surface area contributed by atoms with Crippen molar-refractivity contribution in [1.82, 2.24) is 9.97 Å². The van der Waals surface area contributed by atoms with Crippen molar-refractivity contribution in [3.63, 3.8) is 0 Å². The number of imidazole rings is 1. The first kappa shape index (κ1) is 19.7. The van der Waals surface area contributed by atoms with Gasteiger partial charge in [-0.1, -0.05) is 30.3 Å². The molecule has 0 fully saturated rings. The minimum absolute atomic E-state index is 0.339. The molecule has 0 unspecified atom stereocenters. The van der Waals surface area contributed by atoms with Crippen LogP contribution in [0.5, 0.6) is 0 Å². The summed E-state index contributed by atoms with van der Waals surface area (Å²) in [6.07, 6.45) is 1.07. The number of aromatic amines is 1. The molecule has 4 rings (SSSR count). The molecule has 1 heterocycles. The van der Waals surface area contributed by atoms with E-state index in [2.05, 4.69) is 20.0 Å². The Kier molecular flexibility index (Phi) is 5.01. The smallest absolute Gasteiger partial charge is 0.255 e. The van der Waals surface area contributed by atoms with Crippen LogP contribution in [-0.4, -0.2) is 30.5 Å². The van der Waals surface area contributed by atoms with E-state index >= 15 is 0 Å². The van der Waals surface area contributed by atoms with Gasteiger partial charge in [-0.25, -0.2) is 13.4 Å². The van der Waals surface area contributed by atoms with E-state index in [0.29, 0.717) is 22.8 Å². The van der Waals surface area contributed by atoms with E-state index in [1.165, 1.54) is 6.07 Å². The van der Waals surface area contributed by atoms with Crippen molar-refractivity contribution in [2.75, 3.05) is 16.3 Å². The quantitative estimate of drug-likeness (QED) is 0.451. The summed E-state index contributed by atoms with van der Waals surface area (Å²) < 4.78 is 25.6. The fraction of sp³-hybridized carbons (Fsp3) is 0.0909. The summed E-state index contributed by atoms with van der Waals surface area (Å²) in [5.74, 6) is 0.297. The topological polar surface area (TPSA) is 104 Å². The van der Waals surface area contributed by atoms with E-state index in [4.69, 9.17) is 0 Å². The molecule has 3 aromatic carbocycles. The molecule has 0 spiro atoms. The molecule has 0 radical (unpaired) electrons. The Morgan fingerprint density at radius 2 is 1.70 bits per heavy atom. The molecule has 0 atom stereocenters. The lowest BCUT2D eigenvalue weighted by Gasteiger charge is -2.12. The highest BCUT2D eigenvalue weighted by atomic mass is 32.2. The maximum Gasteiger partial charge on any atom is 0.255 e. The zero-order valence-corrected chi connectivity index (χ0v) is 17.2. The summed E-state index contributed by atoms with van der Waals surface area (Å²) in [5, 5.41) is 2.90. The number of fused-ring (bicyclic) bond motifs is 1. The normalized spacial score (nSPS) is 11.4. The Bertz CT molecular complexity index is 1330. The van der Waals surface area contributed by atoms with Gasteiger partial charge in [-0.3, -0.25) is 9.52 Å². The standard InChI is InChI=1S/C22H20N4O3S/c1-14-11-12-15(13-20(14)26-30(2,28)29)22(27)25-17-8-4-3-7-16(17)21-23-18-9-5-6-10-19(18)24-21/h3-13,26H,1-2H3,(H,23,24)(H,25,27). The molecule has 0 aliphatic heterocycles. The third-order valence-electron chi connectivity index (χ3n) is 4.61. The number of H-pyrrole nitrogens is 1. The molecule has 0 saturated heterocycles. The molecule has 8 heteroatoms. The molecule has 30 heavy (non-hydrogen) atoms. The summed E-state index contributed by atoms with van der Waals surface area (Å²) in [6.45, 7) is 1.77. The Labute approximate surface area is 174 Å². The van der Waals surface area contributed by atoms with E-state index in [9.17, 15) is 13.2 Å². The van der Waals surface area contributed by atoms with E-state index < -0.39 is 10.0 Å². The van der Waals surface area contributed by atoms with Crippen molar-refractivity contribution in [3.05, 3.63) is 77.9 Å². The van der Waals surface area contributed by atoms with Crippen LogP contribution in [0.3, 0.4) is 0 Å². The first-order chi connectivity index (χ1) is 14.3. The lowest BCUT2D eigenvalue weighted by molar-refractivity contribution is 0.102. The number of aryl methyl sites for hydroxylation is 1. The number of rotatable bonds is 5. The second-order valence-corrected chi connectivity index (χ2v) is 8.75. The van der Waals surface area contributed by atoms with Gasteiger partial charge in [-0.2, -0.15) is 0 Å². The van der Waals surface area contributed by atoms with Gasteiger partial charge in [0, 0.05) is 11.1 Å². The van der Waals surface area contributed by atoms with Crippen LogP contribution in [0.25, 0.3) is 22.4 Å². The SMILES string of the molecule is Cc1ccc(C(=O)Nc2ccccc2-c2nc3ccccc3[nH]2)cc1NS(C)(=O)=O. The molecule has 152 valence electrons. The van der Waals surface area contributed by atoms with Crippen LogP contribution < -0.4 is 10.0 Å². The number of hydrogen-bond donors (Lipinski definition) is 3. The lowest BCUT2D eigenvalue weighted by atomic mass is 10.1. The van der Waals surface area contributed by atoms with Crippen LogP contribution in [0.2, 0.25) is 0 Å². The number of anilines is 2. The van der Waals surface area contributed by atoms with Crippen molar-refractivity contribution < 1.29 is 13.2 Å². The van der Waals surface area contributed by atoms with Gasteiger partial charge in [0.2, 0.25) is 10.0 Å². The summed E-state index contributed by atoms with van der Waals surface area (Å²) >= 11 is 0. The number of amides is 1. The highest BCUT2D eigenvalue weighted by Gasteiger charge is 2.15. The van der Waals surface area contributed by atoms with Crippen molar-refractivity contribution in [2.45, 2.75) is 6.92 Å². The zero-order valence-electron chi connectivity index (χ0n) is 16.4. The van der Waals surface area contributed by atoms with Crippen LogP contribution in [-0.2, 0) is 10.0 Å². The second kappa shape index (κ2) is 7.64. The minimum Gasteiger partial charge on any atom is -0.338 e. The molecular weight excluding hydrogens is 400 g/mol. The minimum atomic E-state index is -3.45. The predicted molar refractivity (Wildman–Crippen MR) is 119 cm³/mol. The highest BCUT2D eigenvalue weighted by Crippen LogP contribution is 2.28. The number of carbonyl (C=O) groups excluding carboxylic acids is 1. The van der Waals surface area contributed by atoms with Gasteiger partial charge in [0.05, 0.1) is 28.7 Å². The van der Waals surface area contributed by atoms with Gasteiger partial charge < -0.3 is 10.3 Å². The Hall–Kier alpha value is -3.65. The molecule has 0 aliphatic rings. The maximum absolute atomic E-state index is 12.9. The van der Waals surface area contributed by atoms with Crippen molar-refractivity contribution in [2.24, 2.45) is 0 Å². The van der Waals surface area contributed by atoms with E-state index in [1.807, 2.05) is 42.5 Å². The number of benzene rings is 3. The van der Waals surface area contributed by atoms with Gasteiger partial charge in [0.25, 0.3) is 5.91 Å². The first-order valence-corrected chi connectivity index (χ1v) is 11.1. The van der Waals surface area contributed by atoms with E-state index in [1.54, 1.807) is 25.1 Å². The van der Waals surface area contributed by atoms with Crippen LogP contribution >= 0.6 is 0 Å². The van der Waals surface area contributed by atoms with Crippen LogP contribution in [0, 0.1) is 6.92 Å². The average molecular weight is 420 g/mol. The molecule has 0 bridgehead atoms. The second-order valence-electron chi connectivity index (χ2n) is 7.01. The monoisotopic (exact) mass is 420 g/mol. The lowest BCUT2D eigenvalue weighted by Crippen LogP contribution is -2.15. The Morgan fingerprint density at radius 1 is 0.967 bits per heavy atom. The number of para-hydroxylation sites is 3. The molecule has 0 aliphatic carbocycles. The third kappa shape index (κ3) is 4.18. The van der Waals surface area contributed by atoms with E-state index in [0.717, 1.165) is 28.4 Å². The van der Waals surface area contributed by atoms with E-state index in [-0.39, 0.29) is 5.91 Å². The predicted octanol–water partition coefficient (Wildman–Crippen LogP) is 4.16. The van der Waals surface area contributed by atoms with Gasteiger partial charge in [0.15, 0.2) is 0 Å². The van der Waals surface area contributed by atoms with Gasteiger partial charge in [-0.05, 0) is 48.9 Å². The molecule has 4 aromatic rings. The highest BCUT2D eigenvalue weighted by molar-refractivity contribution is 7.92. The molecule has 0 saturated carbocycles. The summed E-state index contributed by atoms with van der Waals surface area (Å²) in [7, 11) is -3.45. The Balaban J connectivity index is 1.65. The molecule has 7 nitrogen and oxygen atoms in total. The number of hydrogen-bond acceptors (Lipinski definition) is 4. The molecule has 1 amide bonds. The van der Waals surface area contributed by atoms with Gasteiger partial charge in [0.1, 0.15) is 5.82 Å². The number of aromatic nitrogens is 2. The summed E-state index contributed by atoms with van der Waals surface area (Å²) in [6, 6.07) is 20.0. The van der Waals surface area contributed by atoms with Gasteiger partial charge in [-0.15, -0.1) is 0 Å². The molecular formula is C22H20N4O3S.